The van der Waals surface area contributed by atoms with Crippen molar-refractivity contribution in [2.24, 2.45) is 5.92 Å². The average molecular weight is 102 g/mol. The van der Waals surface area contributed by atoms with Gasteiger partial charge in [0.1, 0.15) is 0 Å². The third-order valence-electron chi connectivity index (χ3n) is 0. The van der Waals surface area contributed by atoms with Crippen LogP contribution in [0.5, 0.6) is 0 Å². The Morgan fingerprint density at radius 3 is 1.17 bits per heavy atom. The molecule has 0 spiro atoms. The van der Waals surface area contributed by atoms with E-state index in [-0.39, 0.29) is 0 Å². The number of hydrogen-bond acceptors (Lipinski definition) is 1. The Morgan fingerprint density at radius 1 is 1.17 bits per heavy atom. The van der Waals surface area contributed by atoms with Gasteiger partial charge in [-0.3, -0.25) is 0 Å². The summed E-state index contributed by atoms with van der Waals surface area (Å²) in [6.07, 6.45) is 0. The Balaban J connectivity index is 0. The third-order valence-corrected chi connectivity index (χ3v) is 0. The molecule has 2 heteroatoms. The van der Waals surface area contributed by atoms with Crippen LogP contribution in [0.15, 0.2) is 0 Å². The van der Waals surface area contributed by atoms with Crippen LogP contribution in [0.4, 0.5) is 0 Å². The first-order valence-corrected chi connectivity index (χ1v) is 2.60. The van der Waals surface area contributed by atoms with Crippen LogP contribution in [0.2, 0.25) is 0 Å². The van der Waals surface area contributed by atoms with Gasteiger partial charge < -0.3 is 0 Å². The van der Waals surface area contributed by atoms with Gasteiger partial charge in [0.25, 0.3) is 0 Å². The zero-order valence-electron chi connectivity index (χ0n) is 4.69. The Bertz CT molecular complexity index is 18.8. The van der Waals surface area contributed by atoms with Crippen LogP contribution >= 0.6 is 0 Å². The standard InChI is InChI=1S/C4H10.Al.O.H/c1-4(2)3;;;/h4H,1-3H3;;;. The summed E-state index contributed by atoms with van der Waals surface area (Å²) >= 11 is 0.611. The maximum absolute atomic E-state index is 8.28. The summed E-state index contributed by atoms with van der Waals surface area (Å²) in [4.78, 5) is 0. The Labute approximate surface area is 47.4 Å². The zero-order valence-corrected chi connectivity index (χ0v) is 6.11. The fraction of sp³-hybridized carbons (Fsp3) is 1.00. The molecule has 0 radical (unpaired) electrons. The molecule has 0 N–H and O–H groups in total. The van der Waals surface area contributed by atoms with Crippen molar-refractivity contribution in [3.05, 3.63) is 0 Å². The molecule has 0 aromatic carbocycles. The Kier molecular flexibility index (Phi) is 14.4. The van der Waals surface area contributed by atoms with Crippen molar-refractivity contribution in [3.63, 3.8) is 0 Å². The quantitative estimate of drug-likeness (QED) is 0.415. The zero-order chi connectivity index (χ0) is 5.58. The van der Waals surface area contributed by atoms with E-state index in [0.717, 1.165) is 5.92 Å². The normalized spacial score (nSPS) is 6.50. The summed E-state index contributed by atoms with van der Waals surface area (Å²) in [5.41, 5.74) is 0. The van der Waals surface area contributed by atoms with Gasteiger partial charge in [0.2, 0.25) is 0 Å². The summed E-state index contributed by atoms with van der Waals surface area (Å²) < 4.78 is 8.28. The molecule has 0 heterocycles. The van der Waals surface area contributed by atoms with E-state index in [0.29, 0.717) is 16.2 Å². The van der Waals surface area contributed by atoms with E-state index >= 15 is 0 Å². The summed E-state index contributed by atoms with van der Waals surface area (Å²) in [6.45, 7) is 6.50. The van der Waals surface area contributed by atoms with E-state index in [9.17, 15) is 0 Å². The summed E-state index contributed by atoms with van der Waals surface area (Å²) in [5.74, 6) is 0.833. The van der Waals surface area contributed by atoms with Crippen LogP contribution in [0.3, 0.4) is 0 Å². The summed E-state index contributed by atoms with van der Waals surface area (Å²) in [6, 6.07) is 0. The molecule has 1 nitrogen and oxygen atoms in total. The minimum absolute atomic E-state index is 0.611. The molecule has 0 aliphatic carbocycles. The van der Waals surface area contributed by atoms with Crippen LogP contribution < -0.4 is 0 Å². The van der Waals surface area contributed by atoms with Crippen molar-refractivity contribution in [2.45, 2.75) is 20.8 Å². The number of rotatable bonds is 0. The molecular weight excluding hydrogens is 91.0 g/mol. The van der Waals surface area contributed by atoms with Crippen LogP contribution in [-0.2, 0) is 3.80 Å². The molecule has 0 amide bonds. The Hall–Kier alpha value is 0.332. The summed E-state index contributed by atoms with van der Waals surface area (Å²) in [7, 11) is 0. The number of hydrogen-bond donors (Lipinski definition) is 0. The van der Waals surface area contributed by atoms with Gasteiger partial charge in [0.15, 0.2) is 0 Å². The van der Waals surface area contributed by atoms with Crippen LogP contribution in [0.1, 0.15) is 20.8 Å². The van der Waals surface area contributed by atoms with Gasteiger partial charge >= 0.3 is 20.0 Å². The molecule has 0 aliphatic heterocycles. The van der Waals surface area contributed by atoms with E-state index in [1.807, 2.05) is 0 Å². The predicted octanol–water partition coefficient (Wildman–Crippen LogP) is 0.895. The molecule has 0 saturated carbocycles. The van der Waals surface area contributed by atoms with Gasteiger partial charge in [0.05, 0.1) is 0 Å². The molecule has 6 heavy (non-hydrogen) atoms. The predicted molar refractivity (Wildman–Crippen MR) is 28.3 cm³/mol. The average Bonchev–Trinajstić information content (AvgIpc) is 1.41. The van der Waals surface area contributed by atoms with E-state index in [2.05, 4.69) is 20.8 Å². The van der Waals surface area contributed by atoms with Gasteiger partial charge in [-0.05, 0) is 5.92 Å². The maximum atomic E-state index is 8.28. The molecule has 0 rings (SSSR count). The third kappa shape index (κ3) is 435. The molecule has 0 saturated heterocycles. The molecule has 0 fully saturated rings. The molecule has 0 bridgehead atoms. The second-order valence-corrected chi connectivity index (χ2v) is 1.73. The van der Waals surface area contributed by atoms with Crippen molar-refractivity contribution < 1.29 is 3.80 Å². The molecule has 0 atom stereocenters. The first kappa shape index (κ1) is 9.59. The van der Waals surface area contributed by atoms with E-state index in [1.54, 1.807) is 0 Å². The van der Waals surface area contributed by atoms with Crippen LogP contribution in [-0.4, -0.2) is 16.2 Å². The van der Waals surface area contributed by atoms with Crippen molar-refractivity contribution in [3.8, 4) is 0 Å². The molecule has 0 aromatic heterocycles. The van der Waals surface area contributed by atoms with Crippen LogP contribution in [0.25, 0.3) is 0 Å². The minimum atomic E-state index is 0.611. The van der Waals surface area contributed by atoms with E-state index < -0.39 is 0 Å². The van der Waals surface area contributed by atoms with Crippen molar-refractivity contribution >= 4 is 16.2 Å². The topological polar surface area (TPSA) is 17.1 Å². The van der Waals surface area contributed by atoms with Gasteiger partial charge in [-0.25, -0.2) is 0 Å². The first-order chi connectivity index (χ1) is 2.73. The van der Waals surface area contributed by atoms with Gasteiger partial charge in [-0.2, -0.15) is 0 Å². The Morgan fingerprint density at radius 2 is 1.17 bits per heavy atom. The van der Waals surface area contributed by atoms with Crippen molar-refractivity contribution in [2.75, 3.05) is 0 Å². The fourth-order valence-electron chi connectivity index (χ4n) is 0. The first-order valence-electron chi connectivity index (χ1n) is 2.02. The summed E-state index contributed by atoms with van der Waals surface area (Å²) in [5, 5.41) is 0. The van der Waals surface area contributed by atoms with Gasteiger partial charge in [0, 0.05) is 0 Å². The van der Waals surface area contributed by atoms with E-state index in [1.165, 1.54) is 0 Å². The fourth-order valence-corrected chi connectivity index (χ4v) is 0. The molecule has 0 aromatic rings. The van der Waals surface area contributed by atoms with Gasteiger partial charge in [-0.1, -0.05) is 20.8 Å². The van der Waals surface area contributed by atoms with Crippen LogP contribution in [0, 0.1) is 5.92 Å². The molecule has 0 aliphatic rings. The van der Waals surface area contributed by atoms with Gasteiger partial charge in [-0.15, -0.1) is 0 Å². The second-order valence-electron chi connectivity index (χ2n) is 1.73. The molecule has 36 valence electrons. The van der Waals surface area contributed by atoms with Crippen molar-refractivity contribution in [1.82, 2.24) is 0 Å². The monoisotopic (exact) mass is 102 g/mol. The second kappa shape index (κ2) is 9.01. The molecule has 0 unspecified atom stereocenters. The van der Waals surface area contributed by atoms with Crippen molar-refractivity contribution in [1.29, 1.82) is 0 Å². The molecular formula is C4H11AlO. The SMILES string of the molecule is CC(C)C.[O]=[AlH]. The van der Waals surface area contributed by atoms with E-state index in [4.69, 9.17) is 3.80 Å².